The second-order valence-electron chi connectivity index (χ2n) is 12.3. The van der Waals surface area contributed by atoms with Crippen LogP contribution in [0.2, 0.25) is 0 Å². The second-order valence-corrected chi connectivity index (χ2v) is 12.3. The third-order valence-corrected chi connectivity index (χ3v) is 9.11. The van der Waals surface area contributed by atoms with Crippen molar-refractivity contribution >= 4 is 22.1 Å². The maximum Gasteiger partial charge on any atom is 0.164 e. The van der Waals surface area contributed by atoms with E-state index < -0.39 is 11.6 Å². The molecule has 0 radical (unpaired) electrons. The molecule has 6 aromatic carbocycles. The molecule has 1 aliphatic carbocycles. The van der Waals surface area contributed by atoms with Crippen molar-refractivity contribution in [2.45, 2.75) is 45.7 Å². The summed E-state index contributed by atoms with van der Waals surface area (Å²) in [5, 5.41) is 10.1. The zero-order valence-corrected chi connectivity index (χ0v) is 25.8. The Morgan fingerprint density at radius 2 is 1.11 bits per heavy atom. The van der Waals surface area contributed by atoms with Gasteiger partial charge in [-0.1, -0.05) is 115 Å². The quantitative estimate of drug-likeness (QED) is 0.183. The molecule has 4 heteroatoms. The zero-order valence-electron chi connectivity index (χ0n) is 25.8. The average molecular weight is 595 g/mol. The molecular formula is C41H36F2N2. The maximum atomic E-state index is 16.0. The van der Waals surface area contributed by atoms with Crippen LogP contribution < -0.4 is 10.6 Å². The van der Waals surface area contributed by atoms with Gasteiger partial charge in [0.05, 0.1) is 12.1 Å². The predicted octanol–water partition coefficient (Wildman–Crippen LogP) is 10.5. The fourth-order valence-electron chi connectivity index (χ4n) is 7.16. The van der Waals surface area contributed by atoms with Gasteiger partial charge in [0.1, 0.15) is 0 Å². The Bertz CT molecular complexity index is 1990. The van der Waals surface area contributed by atoms with Gasteiger partial charge in [0.2, 0.25) is 0 Å². The average Bonchev–Trinajstić information content (AvgIpc) is 3.33. The number of rotatable bonds is 8. The molecule has 0 saturated heterocycles. The van der Waals surface area contributed by atoms with Crippen molar-refractivity contribution in [1.29, 1.82) is 0 Å². The molecule has 224 valence electrons. The minimum Gasteiger partial charge on any atom is -0.375 e. The molecule has 0 bridgehead atoms. The van der Waals surface area contributed by atoms with Crippen molar-refractivity contribution in [3.05, 3.63) is 177 Å². The van der Waals surface area contributed by atoms with E-state index >= 15 is 8.78 Å². The lowest BCUT2D eigenvalue weighted by Gasteiger charge is -2.30. The van der Waals surface area contributed by atoms with Crippen molar-refractivity contribution in [2.24, 2.45) is 0 Å². The highest BCUT2D eigenvalue weighted by molar-refractivity contribution is 5.93. The van der Waals surface area contributed by atoms with Gasteiger partial charge in [-0.2, -0.15) is 0 Å². The van der Waals surface area contributed by atoms with Crippen LogP contribution in [0.5, 0.6) is 0 Å². The molecule has 6 aromatic rings. The summed E-state index contributed by atoms with van der Waals surface area (Å²) in [6, 6.07) is 37.9. The third kappa shape index (κ3) is 5.46. The number of nitrogens with one attached hydrogen (secondary N) is 2. The summed E-state index contributed by atoms with van der Waals surface area (Å²) >= 11 is 0. The van der Waals surface area contributed by atoms with E-state index in [-0.39, 0.29) is 18.5 Å². The van der Waals surface area contributed by atoms with Crippen LogP contribution in [0, 0.1) is 32.4 Å². The summed E-state index contributed by atoms with van der Waals surface area (Å²) in [6.07, 6.45) is 0.743. The lowest BCUT2D eigenvalue weighted by atomic mass is 9.93. The molecule has 0 spiro atoms. The van der Waals surface area contributed by atoms with Gasteiger partial charge in [-0.25, -0.2) is 8.78 Å². The molecule has 0 amide bonds. The molecule has 2 unspecified atom stereocenters. The summed E-state index contributed by atoms with van der Waals surface area (Å²) in [5.41, 5.74) is 10.7. The SMILES string of the molecule is Cc1cc(C)c(NC2c3cccc4cccc(c34)C2Nc2c(Cc3ccccc3)cc(F)c(F)c2Cc2ccccc2)c(C)c1. The van der Waals surface area contributed by atoms with E-state index in [2.05, 4.69) is 79.9 Å². The van der Waals surface area contributed by atoms with Crippen LogP contribution in [-0.2, 0) is 12.8 Å². The number of anilines is 2. The van der Waals surface area contributed by atoms with Crippen LogP contribution in [0.3, 0.4) is 0 Å². The van der Waals surface area contributed by atoms with Crippen LogP contribution in [0.25, 0.3) is 10.8 Å². The van der Waals surface area contributed by atoms with E-state index in [1.165, 1.54) is 33.7 Å². The summed E-state index contributed by atoms with van der Waals surface area (Å²) < 4.78 is 31.4. The van der Waals surface area contributed by atoms with E-state index in [0.717, 1.165) is 33.3 Å². The van der Waals surface area contributed by atoms with Crippen LogP contribution in [0.15, 0.2) is 115 Å². The monoisotopic (exact) mass is 594 g/mol. The molecule has 45 heavy (non-hydrogen) atoms. The highest BCUT2D eigenvalue weighted by Gasteiger charge is 2.36. The summed E-state index contributed by atoms with van der Waals surface area (Å²) in [7, 11) is 0. The molecular weight excluding hydrogens is 558 g/mol. The van der Waals surface area contributed by atoms with Crippen LogP contribution in [0.4, 0.5) is 20.2 Å². The van der Waals surface area contributed by atoms with E-state index in [9.17, 15) is 0 Å². The van der Waals surface area contributed by atoms with Gasteiger partial charge in [-0.05, 0) is 83.0 Å². The molecule has 1 aliphatic rings. The number of benzene rings is 6. The first-order chi connectivity index (χ1) is 21.9. The standard InChI is InChI=1S/C41H36F2N2/c1-25-20-26(2)38(27(3)21-25)44-40-32-18-10-16-30-17-11-19-33(36(30)32)41(40)45-39-31(22-28-12-6-4-7-13-28)24-35(42)37(43)34(39)23-29-14-8-5-9-15-29/h4-21,24,40-41,44-45H,22-23H2,1-3H3. The molecule has 0 aliphatic heterocycles. The van der Waals surface area contributed by atoms with Crippen LogP contribution in [-0.4, -0.2) is 0 Å². The fourth-order valence-corrected chi connectivity index (χ4v) is 7.16. The minimum atomic E-state index is -0.824. The van der Waals surface area contributed by atoms with E-state index in [4.69, 9.17) is 0 Å². The molecule has 0 aromatic heterocycles. The number of halogens is 2. The largest absolute Gasteiger partial charge is 0.375 e. The van der Waals surface area contributed by atoms with Gasteiger partial charge < -0.3 is 10.6 Å². The number of hydrogen-bond donors (Lipinski definition) is 2. The third-order valence-electron chi connectivity index (χ3n) is 9.11. The van der Waals surface area contributed by atoms with Crippen molar-refractivity contribution in [3.63, 3.8) is 0 Å². The summed E-state index contributed by atoms with van der Waals surface area (Å²) in [4.78, 5) is 0. The maximum absolute atomic E-state index is 16.0. The van der Waals surface area contributed by atoms with Gasteiger partial charge in [-0.15, -0.1) is 0 Å². The number of aryl methyl sites for hydroxylation is 3. The molecule has 2 nitrogen and oxygen atoms in total. The summed E-state index contributed by atoms with van der Waals surface area (Å²) in [6.45, 7) is 6.39. The van der Waals surface area contributed by atoms with Gasteiger partial charge in [0.25, 0.3) is 0 Å². The van der Waals surface area contributed by atoms with E-state index in [0.29, 0.717) is 17.7 Å². The first kappa shape index (κ1) is 28.8. The fraction of sp³-hybridized carbons (Fsp3) is 0.171. The lowest BCUT2D eigenvalue weighted by molar-refractivity contribution is 0.499. The molecule has 2 atom stereocenters. The topological polar surface area (TPSA) is 24.1 Å². The highest BCUT2D eigenvalue weighted by atomic mass is 19.2. The zero-order chi connectivity index (χ0) is 31.1. The first-order valence-corrected chi connectivity index (χ1v) is 15.6. The van der Waals surface area contributed by atoms with Gasteiger partial charge >= 0.3 is 0 Å². The molecule has 0 saturated carbocycles. The van der Waals surface area contributed by atoms with Crippen LogP contribution >= 0.6 is 0 Å². The minimum absolute atomic E-state index is 0.145. The predicted molar refractivity (Wildman–Crippen MR) is 182 cm³/mol. The molecule has 2 N–H and O–H groups in total. The van der Waals surface area contributed by atoms with Crippen LogP contribution in [0.1, 0.15) is 62.2 Å². The van der Waals surface area contributed by atoms with Crippen molar-refractivity contribution < 1.29 is 8.78 Å². The normalized spacial score (nSPS) is 15.4. The Hall–Kier alpha value is -4.96. The molecule has 0 fully saturated rings. The van der Waals surface area contributed by atoms with E-state index in [1.807, 2.05) is 60.7 Å². The number of hydrogen-bond acceptors (Lipinski definition) is 2. The summed E-state index contributed by atoms with van der Waals surface area (Å²) in [5.74, 6) is -1.63. The smallest absolute Gasteiger partial charge is 0.164 e. The van der Waals surface area contributed by atoms with Crippen molar-refractivity contribution in [2.75, 3.05) is 10.6 Å². The Kier molecular flexibility index (Phi) is 7.58. The second kappa shape index (κ2) is 11.9. The van der Waals surface area contributed by atoms with Crippen molar-refractivity contribution in [1.82, 2.24) is 0 Å². The lowest BCUT2D eigenvalue weighted by Crippen LogP contribution is -2.24. The Labute approximate surface area is 263 Å². The molecule has 7 rings (SSSR count). The van der Waals surface area contributed by atoms with Gasteiger partial charge in [-0.3, -0.25) is 0 Å². The highest BCUT2D eigenvalue weighted by Crippen LogP contribution is 2.49. The van der Waals surface area contributed by atoms with Gasteiger partial charge in [0.15, 0.2) is 11.6 Å². The Morgan fingerprint density at radius 1 is 0.578 bits per heavy atom. The van der Waals surface area contributed by atoms with Crippen molar-refractivity contribution in [3.8, 4) is 0 Å². The molecule has 0 heterocycles. The Balaban J connectivity index is 1.40. The van der Waals surface area contributed by atoms with E-state index in [1.54, 1.807) is 0 Å². The first-order valence-electron chi connectivity index (χ1n) is 15.6. The van der Waals surface area contributed by atoms with Gasteiger partial charge in [0, 0.05) is 23.4 Å². The Morgan fingerprint density at radius 3 is 1.69 bits per heavy atom.